The Morgan fingerprint density at radius 3 is 2.15 bits per heavy atom. The molecule has 4 nitrogen and oxygen atoms in total. The number of aromatic hydroxyl groups is 1. The van der Waals surface area contributed by atoms with Crippen LogP contribution in [0.5, 0.6) is 5.75 Å². The number of aliphatic hydroxyl groups excluding tert-OH is 1. The van der Waals surface area contributed by atoms with Crippen LogP contribution in [0.3, 0.4) is 0 Å². The highest BCUT2D eigenvalue weighted by molar-refractivity contribution is 5.58. The van der Waals surface area contributed by atoms with Gasteiger partial charge in [0.05, 0.1) is 5.69 Å². The van der Waals surface area contributed by atoms with Gasteiger partial charge in [-0.1, -0.05) is 32.0 Å². The first-order chi connectivity index (χ1) is 12.9. The summed E-state index contributed by atoms with van der Waals surface area (Å²) >= 11 is 0. The van der Waals surface area contributed by atoms with E-state index < -0.39 is 6.23 Å². The lowest BCUT2D eigenvalue weighted by molar-refractivity contribution is 0.123. The Balaban J connectivity index is 1.64. The van der Waals surface area contributed by atoms with Crippen molar-refractivity contribution in [2.24, 2.45) is 0 Å². The van der Waals surface area contributed by atoms with Crippen molar-refractivity contribution in [1.29, 1.82) is 0 Å². The molecule has 0 amide bonds. The highest BCUT2D eigenvalue weighted by atomic mass is 16.3. The van der Waals surface area contributed by atoms with Crippen molar-refractivity contribution in [2.75, 3.05) is 19.0 Å². The molecule has 0 aliphatic heterocycles. The molecule has 0 saturated carbocycles. The molecular weight excluding hydrogens is 336 g/mol. The quantitative estimate of drug-likeness (QED) is 0.657. The predicted molar refractivity (Wildman–Crippen MR) is 112 cm³/mol. The normalized spacial score (nSPS) is 15.0. The van der Waals surface area contributed by atoms with Gasteiger partial charge in [-0.15, -0.1) is 0 Å². The third kappa shape index (κ3) is 4.45. The van der Waals surface area contributed by atoms with Crippen LogP contribution >= 0.6 is 0 Å². The molecule has 0 saturated heterocycles. The van der Waals surface area contributed by atoms with Crippen LogP contribution in [0.2, 0.25) is 0 Å². The number of benzene rings is 2. The van der Waals surface area contributed by atoms with Crippen LogP contribution in [0.1, 0.15) is 41.7 Å². The molecule has 0 heterocycles. The third-order valence-corrected chi connectivity index (χ3v) is 5.60. The summed E-state index contributed by atoms with van der Waals surface area (Å²) in [6.45, 7) is 4.43. The molecule has 1 aliphatic rings. The van der Waals surface area contributed by atoms with Crippen molar-refractivity contribution in [1.82, 2.24) is 5.32 Å². The van der Waals surface area contributed by atoms with E-state index in [1.807, 2.05) is 31.1 Å². The molecular formula is C23H32N2O2. The van der Waals surface area contributed by atoms with Crippen molar-refractivity contribution in [3.05, 3.63) is 58.1 Å². The lowest BCUT2D eigenvalue weighted by atomic mass is 9.97. The molecule has 27 heavy (non-hydrogen) atoms. The fourth-order valence-corrected chi connectivity index (χ4v) is 4.16. The van der Waals surface area contributed by atoms with Crippen LogP contribution in [0, 0.1) is 0 Å². The molecule has 3 rings (SSSR count). The Labute approximate surface area is 162 Å². The number of fused-ring (bicyclic) bond motifs is 1. The number of aryl methyl sites for hydroxylation is 2. The Hall–Kier alpha value is -2.04. The van der Waals surface area contributed by atoms with Gasteiger partial charge in [0.15, 0.2) is 0 Å². The largest absolute Gasteiger partial charge is 0.506 e. The minimum absolute atomic E-state index is 0.260. The lowest BCUT2D eigenvalue weighted by Crippen LogP contribution is -2.40. The van der Waals surface area contributed by atoms with Crippen molar-refractivity contribution >= 4 is 5.69 Å². The maximum Gasteiger partial charge on any atom is 0.138 e. The molecule has 1 atom stereocenters. The standard InChI is InChI=1S/C23H32N2O2/c1-5-16-11-18-13-20(14-19(18)12-17(16)6-2)24-23(27)10-15-7-8-22(26)21(9-15)25(3)4/h7-9,11-12,20,23-24,26-27H,5-6,10,13-14H2,1-4H3/t23-/m1/s1. The van der Waals surface area contributed by atoms with Gasteiger partial charge in [-0.3, -0.25) is 5.32 Å². The van der Waals surface area contributed by atoms with E-state index in [1.54, 1.807) is 6.07 Å². The molecule has 2 aromatic rings. The second kappa shape index (κ2) is 8.32. The Bertz CT molecular complexity index is 768. The molecule has 0 bridgehead atoms. The minimum atomic E-state index is -0.597. The van der Waals surface area contributed by atoms with Gasteiger partial charge in [0.2, 0.25) is 0 Å². The van der Waals surface area contributed by atoms with Gasteiger partial charge in [0.25, 0.3) is 0 Å². The van der Waals surface area contributed by atoms with Crippen LogP contribution in [-0.4, -0.2) is 36.6 Å². The first-order valence-electron chi connectivity index (χ1n) is 9.98. The number of phenolic OH excluding ortho intramolecular Hbond substituents is 1. The Kier molecular flexibility index (Phi) is 6.08. The average molecular weight is 369 g/mol. The van der Waals surface area contributed by atoms with Crippen molar-refractivity contribution < 1.29 is 10.2 Å². The zero-order chi connectivity index (χ0) is 19.6. The predicted octanol–water partition coefficient (Wildman–Crippen LogP) is 3.20. The number of phenols is 1. The Morgan fingerprint density at radius 2 is 1.63 bits per heavy atom. The smallest absolute Gasteiger partial charge is 0.138 e. The van der Waals surface area contributed by atoms with Gasteiger partial charge in [0.1, 0.15) is 12.0 Å². The second-order valence-corrected chi connectivity index (χ2v) is 7.81. The molecule has 0 spiro atoms. The summed E-state index contributed by atoms with van der Waals surface area (Å²) in [7, 11) is 3.80. The number of nitrogens with zero attached hydrogens (tertiary/aromatic N) is 1. The van der Waals surface area contributed by atoms with E-state index >= 15 is 0 Å². The topological polar surface area (TPSA) is 55.7 Å². The number of rotatable bonds is 7. The third-order valence-electron chi connectivity index (χ3n) is 5.60. The van der Waals surface area contributed by atoms with E-state index in [0.29, 0.717) is 6.42 Å². The van der Waals surface area contributed by atoms with E-state index in [4.69, 9.17) is 0 Å². The zero-order valence-electron chi connectivity index (χ0n) is 16.9. The van der Waals surface area contributed by atoms with Crippen LogP contribution in [-0.2, 0) is 32.1 Å². The fraction of sp³-hybridized carbons (Fsp3) is 0.478. The summed E-state index contributed by atoms with van der Waals surface area (Å²) in [5, 5.41) is 23.9. The minimum Gasteiger partial charge on any atom is -0.506 e. The van der Waals surface area contributed by atoms with Crippen LogP contribution < -0.4 is 10.2 Å². The molecule has 3 N–H and O–H groups in total. The summed E-state index contributed by atoms with van der Waals surface area (Å²) in [5.74, 6) is 0.260. The summed E-state index contributed by atoms with van der Waals surface area (Å²) in [5.41, 5.74) is 7.54. The van der Waals surface area contributed by atoms with Gasteiger partial charge in [0, 0.05) is 26.6 Å². The number of aliphatic hydroxyl groups is 1. The van der Waals surface area contributed by atoms with Gasteiger partial charge >= 0.3 is 0 Å². The molecule has 0 unspecified atom stereocenters. The van der Waals surface area contributed by atoms with Gasteiger partial charge in [-0.25, -0.2) is 0 Å². The molecule has 0 aromatic heterocycles. The van der Waals surface area contributed by atoms with Gasteiger partial charge < -0.3 is 15.1 Å². The monoisotopic (exact) mass is 368 g/mol. The van der Waals surface area contributed by atoms with Crippen LogP contribution in [0.25, 0.3) is 0 Å². The second-order valence-electron chi connectivity index (χ2n) is 7.81. The molecule has 0 radical (unpaired) electrons. The fourth-order valence-electron chi connectivity index (χ4n) is 4.16. The summed E-state index contributed by atoms with van der Waals surface area (Å²) in [4.78, 5) is 1.88. The number of nitrogens with one attached hydrogen (secondary N) is 1. The summed E-state index contributed by atoms with van der Waals surface area (Å²) in [6, 6.07) is 10.5. The van der Waals surface area contributed by atoms with Crippen LogP contribution in [0.4, 0.5) is 5.69 Å². The van der Waals surface area contributed by atoms with E-state index in [-0.39, 0.29) is 11.8 Å². The highest BCUT2D eigenvalue weighted by Gasteiger charge is 2.24. The summed E-state index contributed by atoms with van der Waals surface area (Å²) in [6.07, 6.45) is 4.02. The molecule has 2 aromatic carbocycles. The molecule has 0 fully saturated rings. The van der Waals surface area contributed by atoms with E-state index in [2.05, 4.69) is 31.3 Å². The summed E-state index contributed by atoms with van der Waals surface area (Å²) < 4.78 is 0. The maximum absolute atomic E-state index is 10.6. The molecule has 1 aliphatic carbocycles. The van der Waals surface area contributed by atoms with Crippen molar-refractivity contribution in [2.45, 2.75) is 58.2 Å². The lowest BCUT2D eigenvalue weighted by Gasteiger charge is -2.20. The highest BCUT2D eigenvalue weighted by Crippen LogP contribution is 2.28. The zero-order valence-corrected chi connectivity index (χ0v) is 16.9. The van der Waals surface area contributed by atoms with Crippen LogP contribution in [0.15, 0.2) is 30.3 Å². The maximum atomic E-state index is 10.6. The number of hydrogen-bond acceptors (Lipinski definition) is 4. The van der Waals surface area contributed by atoms with Gasteiger partial charge in [-0.2, -0.15) is 0 Å². The SMILES string of the molecule is CCc1cc2c(cc1CC)CC(N[C@H](O)Cc1ccc(O)c(N(C)C)c1)C2. The van der Waals surface area contributed by atoms with Crippen molar-refractivity contribution in [3.63, 3.8) is 0 Å². The van der Waals surface area contributed by atoms with E-state index in [0.717, 1.165) is 36.9 Å². The van der Waals surface area contributed by atoms with Crippen molar-refractivity contribution in [3.8, 4) is 5.75 Å². The number of hydrogen-bond donors (Lipinski definition) is 3. The first-order valence-corrected chi connectivity index (χ1v) is 9.98. The Morgan fingerprint density at radius 1 is 1.04 bits per heavy atom. The van der Waals surface area contributed by atoms with Gasteiger partial charge in [-0.05, 0) is 65.6 Å². The average Bonchev–Trinajstić information content (AvgIpc) is 3.02. The van der Waals surface area contributed by atoms with E-state index in [1.165, 1.54) is 22.3 Å². The first kappa shape index (κ1) is 19.7. The molecule has 4 heteroatoms. The van der Waals surface area contributed by atoms with E-state index in [9.17, 15) is 10.2 Å². The number of anilines is 1. The molecule has 146 valence electrons.